The van der Waals surface area contributed by atoms with E-state index in [1.54, 1.807) is 0 Å². The summed E-state index contributed by atoms with van der Waals surface area (Å²) in [6, 6.07) is 3.81. The van der Waals surface area contributed by atoms with Crippen LogP contribution >= 0.6 is 0 Å². The van der Waals surface area contributed by atoms with E-state index in [4.69, 9.17) is 0 Å². The van der Waals surface area contributed by atoms with Crippen LogP contribution in [0.15, 0.2) is 48.6 Å². The van der Waals surface area contributed by atoms with Crippen molar-refractivity contribution in [3.63, 3.8) is 0 Å². The zero-order chi connectivity index (χ0) is 19.1. The molecule has 25 heavy (non-hydrogen) atoms. The fraction of sp³-hybridized carbons (Fsp3) is 0.294. The fourth-order valence-corrected chi connectivity index (χ4v) is 1.96. The number of ether oxygens (including phenoxy) is 2. The fourth-order valence-electron chi connectivity index (χ4n) is 1.96. The Kier molecular flexibility index (Phi) is 6.93. The number of carbonyl (C=O) groups is 2. The van der Waals surface area contributed by atoms with Crippen molar-refractivity contribution in [3.8, 4) is 0 Å². The number of hydrogen-bond donors (Lipinski definition) is 1. The van der Waals surface area contributed by atoms with E-state index in [0.29, 0.717) is 6.07 Å². The largest absolute Gasteiger partial charge is 0.467 e. The van der Waals surface area contributed by atoms with Crippen molar-refractivity contribution >= 4 is 11.9 Å². The van der Waals surface area contributed by atoms with Gasteiger partial charge in [-0.25, -0.2) is 9.59 Å². The molecular weight excluding hydrogens is 341 g/mol. The minimum atomic E-state index is -4.62. The summed E-state index contributed by atoms with van der Waals surface area (Å²) in [5.41, 5.74) is -3.55. The third kappa shape index (κ3) is 5.46. The Morgan fingerprint density at radius 2 is 1.76 bits per heavy atom. The van der Waals surface area contributed by atoms with Crippen LogP contribution in [0.1, 0.15) is 17.5 Å². The van der Waals surface area contributed by atoms with Gasteiger partial charge in [-0.1, -0.05) is 30.4 Å². The van der Waals surface area contributed by atoms with E-state index < -0.39 is 29.3 Å². The highest BCUT2D eigenvalue weighted by atomic mass is 19.4. The molecule has 8 heteroatoms. The van der Waals surface area contributed by atoms with E-state index >= 15 is 0 Å². The lowest BCUT2D eigenvalue weighted by molar-refractivity contribution is -0.163. The average Bonchev–Trinajstić information content (AvgIpc) is 2.59. The molecule has 5 nitrogen and oxygen atoms in total. The van der Waals surface area contributed by atoms with Crippen LogP contribution in [0, 0.1) is 0 Å². The van der Waals surface area contributed by atoms with Crippen LogP contribution in [-0.4, -0.2) is 31.3 Å². The number of methoxy groups -OCH3 is 2. The van der Waals surface area contributed by atoms with Crippen molar-refractivity contribution in [3.05, 3.63) is 59.7 Å². The van der Waals surface area contributed by atoms with Gasteiger partial charge in [0.1, 0.15) is 0 Å². The highest BCUT2D eigenvalue weighted by Crippen LogP contribution is 2.34. The van der Waals surface area contributed by atoms with Gasteiger partial charge in [-0.15, -0.1) is 0 Å². The molecule has 1 unspecified atom stereocenters. The van der Waals surface area contributed by atoms with Crippen LogP contribution in [0.25, 0.3) is 0 Å². The number of halogens is 3. The van der Waals surface area contributed by atoms with Gasteiger partial charge in [-0.2, -0.15) is 13.2 Å². The Bertz CT molecular complexity index is 679. The molecule has 1 aromatic carbocycles. The van der Waals surface area contributed by atoms with Crippen molar-refractivity contribution in [2.45, 2.75) is 18.2 Å². The van der Waals surface area contributed by atoms with Gasteiger partial charge >= 0.3 is 18.1 Å². The highest BCUT2D eigenvalue weighted by Gasteiger charge is 2.40. The molecule has 0 aliphatic rings. The van der Waals surface area contributed by atoms with E-state index in [1.165, 1.54) is 31.4 Å². The summed E-state index contributed by atoms with van der Waals surface area (Å²) in [5.74, 6) is -1.71. The molecule has 0 saturated heterocycles. The SMILES string of the molecule is COC(=O)/C=C/C=C/CC(O)(C(=O)OC)c1cccc(C(F)(F)F)c1. The summed E-state index contributed by atoms with van der Waals surface area (Å²) < 4.78 is 47.4. The van der Waals surface area contributed by atoms with Crippen LogP contribution in [0.2, 0.25) is 0 Å². The lowest BCUT2D eigenvalue weighted by Gasteiger charge is -2.25. The first kappa shape index (κ1) is 20.4. The number of esters is 2. The second-order valence-electron chi connectivity index (χ2n) is 4.94. The lowest BCUT2D eigenvalue weighted by Crippen LogP contribution is -2.36. The first-order valence-corrected chi connectivity index (χ1v) is 7.05. The Labute approximate surface area is 142 Å². The van der Waals surface area contributed by atoms with Gasteiger partial charge in [0.25, 0.3) is 0 Å². The van der Waals surface area contributed by atoms with Gasteiger partial charge in [-0.3, -0.25) is 0 Å². The third-order valence-corrected chi connectivity index (χ3v) is 3.28. The molecule has 1 atom stereocenters. The minimum Gasteiger partial charge on any atom is -0.467 e. The monoisotopic (exact) mass is 358 g/mol. The van der Waals surface area contributed by atoms with E-state index in [2.05, 4.69) is 9.47 Å². The first-order chi connectivity index (χ1) is 11.6. The predicted molar refractivity (Wildman–Crippen MR) is 82.3 cm³/mol. The van der Waals surface area contributed by atoms with E-state index in [9.17, 15) is 27.9 Å². The molecule has 0 heterocycles. The lowest BCUT2D eigenvalue weighted by atomic mass is 9.89. The van der Waals surface area contributed by atoms with Crippen molar-refractivity contribution < 1.29 is 37.3 Å². The maximum absolute atomic E-state index is 12.8. The second-order valence-corrected chi connectivity index (χ2v) is 4.94. The molecule has 0 radical (unpaired) electrons. The summed E-state index contributed by atoms with van der Waals surface area (Å²) in [6.07, 6.45) is 0.0847. The van der Waals surface area contributed by atoms with Crippen LogP contribution < -0.4 is 0 Å². The van der Waals surface area contributed by atoms with Crippen molar-refractivity contribution in [1.29, 1.82) is 0 Å². The van der Waals surface area contributed by atoms with Crippen molar-refractivity contribution in [2.24, 2.45) is 0 Å². The zero-order valence-electron chi connectivity index (χ0n) is 13.5. The Hall–Kier alpha value is -2.61. The van der Waals surface area contributed by atoms with Crippen LogP contribution in [0.4, 0.5) is 13.2 Å². The molecule has 0 bridgehead atoms. The van der Waals surface area contributed by atoms with Crippen molar-refractivity contribution in [1.82, 2.24) is 0 Å². The maximum atomic E-state index is 12.8. The summed E-state index contributed by atoms with van der Waals surface area (Å²) >= 11 is 0. The molecule has 0 fully saturated rings. The molecule has 136 valence electrons. The van der Waals surface area contributed by atoms with E-state index in [0.717, 1.165) is 25.3 Å². The van der Waals surface area contributed by atoms with Gasteiger partial charge in [0, 0.05) is 12.5 Å². The molecular formula is C17H17F3O5. The number of hydrogen-bond acceptors (Lipinski definition) is 5. The number of benzene rings is 1. The summed E-state index contributed by atoms with van der Waals surface area (Å²) in [5, 5.41) is 10.6. The first-order valence-electron chi connectivity index (χ1n) is 7.05. The zero-order valence-corrected chi connectivity index (χ0v) is 13.5. The third-order valence-electron chi connectivity index (χ3n) is 3.28. The standard InChI is InChI=1S/C17H17F3O5/c1-24-14(21)9-4-3-5-10-16(23,15(22)25-2)12-7-6-8-13(11-12)17(18,19)20/h3-9,11,23H,10H2,1-2H3/b5-3+,9-4+. The molecule has 0 aliphatic heterocycles. The number of allylic oxidation sites excluding steroid dienone is 2. The van der Waals surface area contributed by atoms with E-state index in [1.807, 2.05) is 0 Å². The summed E-state index contributed by atoms with van der Waals surface area (Å²) in [6.45, 7) is 0. The predicted octanol–water partition coefficient (Wildman–Crippen LogP) is 2.74. The quantitative estimate of drug-likeness (QED) is 0.481. The number of alkyl halides is 3. The Balaban J connectivity index is 3.12. The molecule has 0 saturated carbocycles. The summed E-state index contributed by atoms with van der Waals surface area (Å²) in [7, 11) is 2.21. The molecule has 0 amide bonds. The van der Waals surface area contributed by atoms with Gasteiger partial charge in [0.2, 0.25) is 0 Å². The molecule has 1 rings (SSSR count). The van der Waals surface area contributed by atoms with Gasteiger partial charge in [-0.05, 0) is 17.7 Å². The van der Waals surface area contributed by atoms with Crippen LogP contribution in [0.5, 0.6) is 0 Å². The van der Waals surface area contributed by atoms with E-state index in [-0.39, 0.29) is 12.0 Å². The van der Waals surface area contributed by atoms with Gasteiger partial charge in [0.15, 0.2) is 5.60 Å². The average molecular weight is 358 g/mol. The highest BCUT2D eigenvalue weighted by molar-refractivity contribution is 5.82. The Morgan fingerprint density at radius 3 is 2.32 bits per heavy atom. The number of carbonyl (C=O) groups excluding carboxylic acids is 2. The van der Waals surface area contributed by atoms with Gasteiger partial charge in [0.05, 0.1) is 19.8 Å². The smallest absolute Gasteiger partial charge is 0.416 e. The van der Waals surface area contributed by atoms with Crippen LogP contribution in [-0.2, 0) is 30.8 Å². The van der Waals surface area contributed by atoms with Crippen molar-refractivity contribution in [2.75, 3.05) is 14.2 Å². The molecule has 1 N–H and O–H groups in total. The minimum absolute atomic E-state index is 0.254. The molecule has 1 aromatic rings. The maximum Gasteiger partial charge on any atom is 0.416 e. The topological polar surface area (TPSA) is 72.8 Å². The summed E-state index contributed by atoms with van der Waals surface area (Å²) in [4.78, 5) is 22.8. The number of rotatable bonds is 6. The molecule has 0 aliphatic carbocycles. The van der Waals surface area contributed by atoms with Gasteiger partial charge < -0.3 is 14.6 Å². The molecule has 0 aromatic heterocycles. The second kappa shape index (κ2) is 8.48. The Morgan fingerprint density at radius 1 is 1.12 bits per heavy atom. The number of aliphatic hydroxyl groups is 1. The van der Waals surface area contributed by atoms with Crippen LogP contribution in [0.3, 0.4) is 0 Å². The molecule has 0 spiro atoms. The normalized spacial score (nSPS) is 14.5.